The lowest BCUT2D eigenvalue weighted by molar-refractivity contribution is -0.137. The van der Waals surface area contributed by atoms with Crippen LogP contribution in [-0.4, -0.2) is 25.2 Å². The van der Waals surface area contributed by atoms with Crippen LogP contribution in [0.5, 0.6) is 17.2 Å². The predicted molar refractivity (Wildman–Crippen MR) is 100 cm³/mol. The van der Waals surface area contributed by atoms with Gasteiger partial charge < -0.3 is 19.5 Å². The first-order valence-electron chi connectivity index (χ1n) is 9.04. The Morgan fingerprint density at radius 3 is 2.66 bits per heavy atom. The second-order valence-corrected chi connectivity index (χ2v) is 7.40. The molecule has 3 rings (SSSR count). The minimum Gasteiger partial charge on any atom is -0.497 e. The third-order valence-corrected chi connectivity index (χ3v) is 4.54. The van der Waals surface area contributed by atoms with Crippen LogP contribution in [0.25, 0.3) is 0 Å². The lowest BCUT2D eigenvalue weighted by atomic mass is 9.89. The van der Waals surface area contributed by atoms with Crippen molar-refractivity contribution >= 4 is 5.91 Å². The molecule has 29 heavy (non-hydrogen) atoms. The Morgan fingerprint density at radius 1 is 1.21 bits per heavy atom. The van der Waals surface area contributed by atoms with Gasteiger partial charge in [-0.2, -0.15) is 13.2 Å². The summed E-state index contributed by atoms with van der Waals surface area (Å²) in [7, 11) is 1.55. The molecular weight excluding hydrogens is 387 g/mol. The zero-order valence-electron chi connectivity index (χ0n) is 16.3. The first-order chi connectivity index (χ1) is 13.6. The van der Waals surface area contributed by atoms with E-state index in [9.17, 15) is 18.0 Å². The minimum absolute atomic E-state index is 0.0237. The fourth-order valence-electron chi connectivity index (χ4n) is 3.24. The summed E-state index contributed by atoms with van der Waals surface area (Å²) in [5.74, 6) is 0.806. The second-order valence-electron chi connectivity index (χ2n) is 7.40. The van der Waals surface area contributed by atoms with Crippen LogP contribution in [0.1, 0.15) is 37.4 Å². The molecule has 1 aliphatic rings. The molecule has 2 aromatic rings. The SMILES string of the molecule is COc1ccc2c(c1)[C@@H](NC(=O)COc1cccc(C(F)(F)F)c1)CC(C)(C)O2. The Labute approximate surface area is 166 Å². The molecule has 1 N–H and O–H groups in total. The van der Waals surface area contributed by atoms with E-state index in [0.29, 0.717) is 17.9 Å². The lowest BCUT2D eigenvalue weighted by Gasteiger charge is -2.38. The number of hydrogen-bond acceptors (Lipinski definition) is 4. The maximum atomic E-state index is 12.8. The van der Waals surface area contributed by atoms with E-state index in [2.05, 4.69) is 5.32 Å². The minimum atomic E-state index is -4.47. The number of carbonyl (C=O) groups excluding carboxylic acids is 1. The Hall–Kier alpha value is -2.90. The highest BCUT2D eigenvalue weighted by atomic mass is 19.4. The van der Waals surface area contributed by atoms with Gasteiger partial charge in [-0.3, -0.25) is 4.79 Å². The molecule has 5 nitrogen and oxygen atoms in total. The normalized spacial score (nSPS) is 17.7. The molecule has 156 valence electrons. The molecule has 0 unspecified atom stereocenters. The molecule has 0 aromatic heterocycles. The highest BCUT2D eigenvalue weighted by Gasteiger charge is 2.35. The molecule has 1 aliphatic heterocycles. The smallest absolute Gasteiger partial charge is 0.416 e. The van der Waals surface area contributed by atoms with Crippen molar-refractivity contribution < 1.29 is 32.2 Å². The average molecular weight is 409 g/mol. The van der Waals surface area contributed by atoms with E-state index in [0.717, 1.165) is 17.7 Å². The number of benzene rings is 2. The standard InChI is InChI=1S/C21H22F3NO4/c1-20(2)11-17(16-10-14(27-3)7-8-18(16)29-20)25-19(26)12-28-15-6-4-5-13(9-15)21(22,23)24/h4-10,17H,11-12H2,1-3H3,(H,25,26)/t17-/m0/s1. The van der Waals surface area contributed by atoms with Gasteiger partial charge in [0.05, 0.1) is 18.7 Å². The Bertz CT molecular complexity index is 896. The van der Waals surface area contributed by atoms with Gasteiger partial charge in [-0.05, 0) is 50.2 Å². The van der Waals surface area contributed by atoms with Crippen molar-refractivity contribution in [2.24, 2.45) is 0 Å². The molecule has 0 radical (unpaired) electrons. The quantitative estimate of drug-likeness (QED) is 0.790. The van der Waals surface area contributed by atoms with Gasteiger partial charge in [-0.25, -0.2) is 0 Å². The summed E-state index contributed by atoms with van der Waals surface area (Å²) in [6.07, 6.45) is -3.96. The summed E-state index contributed by atoms with van der Waals surface area (Å²) < 4.78 is 54.8. The molecule has 1 amide bonds. The van der Waals surface area contributed by atoms with Crippen molar-refractivity contribution in [2.45, 2.75) is 38.1 Å². The number of fused-ring (bicyclic) bond motifs is 1. The first-order valence-corrected chi connectivity index (χ1v) is 9.04. The molecule has 0 spiro atoms. The molecule has 0 fully saturated rings. The summed E-state index contributed by atoms with van der Waals surface area (Å²) in [6, 6.07) is 9.43. The number of halogens is 3. The van der Waals surface area contributed by atoms with E-state index < -0.39 is 29.9 Å². The van der Waals surface area contributed by atoms with Gasteiger partial charge in [0.25, 0.3) is 5.91 Å². The van der Waals surface area contributed by atoms with E-state index >= 15 is 0 Å². The molecule has 0 aliphatic carbocycles. The van der Waals surface area contributed by atoms with E-state index in [1.54, 1.807) is 25.3 Å². The van der Waals surface area contributed by atoms with Gasteiger partial charge >= 0.3 is 6.18 Å². The van der Waals surface area contributed by atoms with Gasteiger partial charge in [0.15, 0.2) is 6.61 Å². The third-order valence-electron chi connectivity index (χ3n) is 4.54. The molecule has 0 saturated carbocycles. The number of carbonyl (C=O) groups is 1. The summed E-state index contributed by atoms with van der Waals surface area (Å²) in [4.78, 5) is 12.4. The van der Waals surface area contributed by atoms with Crippen molar-refractivity contribution in [3.63, 3.8) is 0 Å². The van der Waals surface area contributed by atoms with Crippen LogP contribution in [0.4, 0.5) is 13.2 Å². The maximum Gasteiger partial charge on any atom is 0.416 e. The zero-order chi connectivity index (χ0) is 21.2. The highest BCUT2D eigenvalue weighted by Crippen LogP contribution is 2.41. The van der Waals surface area contributed by atoms with Crippen molar-refractivity contribution in [1.29, 1.82) is 0 Å². The molecule has 0 bridgehead atoms. The Balaban J connectivity index is 1.69. The second kappa shape index (κ2) is 7.85. The third kappa shape index (κ3) is 5.13. The number of alkyl halides is 3. The van der Waals surface area contributed by atoms with Crippen LogP contribution in [0, 0.1) is 0 Å². The van der Waals surface area contributed by atoms with Gasteiger partial charge in [-0.15, -0.1) is 0 Å². The lowest BCUT2D eigenvalue weighted by Crippen LogP contribution is -2.42. The number of rotatable bonds is 5. The molecular formula is C21H22F3NO4. The van der Waals surface area contributed by atoms with Crippen molar-refractivity contribution in [2.75, 3.05) is 13.7 Å². The largest absolute Gasteiger partial charge is 0.497 e. The summed E-state index contributed by atoms with van der Waals surface area (Å²) in [5.41, 5.74) is -0.555. The number of hydrogen-bond donors (Lipinski definition) is 1. The van der Waals surface area contributed by atoms with E-state index in [1.165, 1.54) is 12.1 Å². The number of amides is 1. The van der Waals surface area contributed by atoms with Crippen molar-refractivity contribution in [3.05, 3.63) is 53.6 Å². The number of ether oxygens (including phenoxy) is 3. The van der Waals surface area contributed by atoms with Gasteiger partial charge in [0.1, 0.15) is 22.8 Å². The first kappa shape index (κ1) is 20.8. The number of methoxy groups -OCH3 is 1. The molecule has 0 saturated heterocycles. The fraction of sp³-hybridized carbons (Fsp3) is 0.381. The average Bonchev–Trinajstić information content (AvgIpc) is 2.65. The molecule has 2 aromatic carbocycles. The fourth-order valence-corrected chi connectivity index (χ4v) is 3.24. The van der Waals surface area contributed by atoms with Crippen LogP contribution < -0.4 is 19.5 Å². The molecule has 1 atom stereocenters. The van der Waals surface area contributed by atoms with Gasteiger partial charge in [-0.1, -0.05) is 6.07 Å². The van der Waals surface area contributed by atoms with Gasteiger partial charge in [0, 0.05) is 12.0 Å². The van der Waals surface area contributed by atoms with Crippen LogP contribution in [0.3, 0.4) is 0 Å². The summed E-state index contributed by atoms with van der Waals surface area (Å²) >= 11 is 0. The summed E-state index contributed by atoms with van der Waals surface area (Å²) in [6.45, 7) is 3.43. The van der Waals surface area contributed by atoms with Crippen LogP contribution in [-0.2, 0) is 11.0 Å². The zero-order valence-corrected chi connectivity index (χ0v) is 16.3. The highest BCUT2D eigenvalue weighted by molar-refractivity contribution is 5.78. The van der Waals surface area contributed by atoms with Crippen LogP contribution in [0.15, 0.2) is 42.5 Å². The maximum absolute atomic E-state index is 12.8. The number of nitrogens with one attached hydrogen (secondary N) is 1. The summed E-state index contributed by atoms with van der Waals surface area (Å²) in [5, 5.41) is 2.88. The predicted octanol–water partition coefficient (Wildman–Crippen LogP) is 4.51. The monoisotopic (exact) mass is 409 g/mol. The molecule has 1 heterocycles. The van der Waals surface area contributed by atoms with E-state index in [4.69, 9.17) is 14.2 Å². The van der Waals surface area contributed by atoms with E-state index in [1.807, 2.05) is 13.8 Å². The van der Waals surface area contributed by atoms with Crippen LogP contribution in [0.2, 0.25) is 0 Å². The topological polar surface area (TPSA) is 56.8 Å². The molecule has 8 heteroatoms. The Morgan fingerprint density at radius 2 is 1.97 bits per heavy atom. The Kier molecular flexibility index (Phi) is 5.64. The van der Waals surface area contributed by atoms with Crippen molar-refractivity contribution in [1.82, 2.24) is 5.32 Å². The van der Waals surface area contributed by atoms with Crippen molar-refractivity contribution in [3.8, 4) is 17.2 Å². The van der Waals surface area contributed by atoms with Crippen LogP contribution >= 0.6 is 0 Å². The van der Waals surface area contributed by atoms with Gasteiger partial charge in [0.2, 0.25) is 0 Å². The van der Waals surface area contributed by atoms with E-state index in [-0.39, 0.29) is 11.8 Å².